The fraction of sp³-hybridized carbons (Fsp3) is 0. The number of anilines is 1. The summed E-state index contributed by atoms with van der Waals surface area (Å²) in [7, 11) is 0. The molecule has 7 heteroatoms. The van der Waals surface area contributed by atoms with E-state index in [2.05, 4.69) is 27.9 Å². The van der Waals surface area contributed by atoms with Crippen LogP contribution < -0.4 is 5.32 Å². The fourth-order valence-electron chi connectivity index (χ4n) is 1.64. The normalized spacial score (nSPS) is 10.1. The molecule has 1 amide bonds. The third-order valence-corrected chi connectivity index (χ3v) is 3.78. The average molecular weight is 403 g/mol. The highest BCUT2D eigenvalue weighted by molar-refractivity contribution is 14.1. The minimum atomic E-state index is -0.660. The molecule has 0 radical (unpaired) electrons. The van der Waals surface area contributed by atoms with Crippen molar-refractivity contribution in [1.82, 2.24) is 0 Å². The van der Waals surface area contributed by atoms with Crippen LogP contribution in [-0.2, 0) is 0 Å². The van der Waals surface area contributed by atoms with E-state index in [1.54, 1.807) is 12.1 Å². The second kappa shape index (κ2) is 6.19. The van der Waals surface area contributed by atoms with Crippen LogP contribution in [0.3, 0.4) is 0 Å². The van der Waals surface area contributed by atoms with E-state index in [-0.39, 0.29) is 10.6 Å². The first-order valence-corrected chi connectivity index (χ1v) is 6.95. The van der Waals surface area contributed by atoms with Crippen molar-refractivity contribution in [2.75, 3.05) is 5.32 Å². The number of para-hydroxylation sites is 2. The zero-order valence-electron chi connectivity index (χ0n) is 9.97. The van der Waals surface area contributed by atoms with Gasteiger partial charge in [0.05, 0.1) is 10.6 Å². The summed E-state index contributed by atoms with van der Waals surface area (Å²) in [6.07, 6.45) is 0. The minimum Gasteiger partial charge on any atom is -0.321 e. The van der Waals surface area contributed by atoms with E-state index in [0.717, 1.165) is 3.57 Å². The fourth-order valence-corrected chi connectivity index (χ4v) is 2.40. The van der Waals surface area contributed by atoms with E-state index in [0.29, 0.717) is 5.69 Å². The average Bonchev–Trinajstić information content (AvgIpc) is 2.40. The van der Waals surface area contributed by atoms with Crippen LogP contribution in [0.15, 0.2) is 42.5 Å². The van der Waals surface area contributed by atoms with Crippen LogP contribution in [0, 0.1) is 13.7 Å². The van der Waals surface area contributed by atoms with Crippen LogP contribution in [0.4, 0.5) is 11.4 Å². The Bertz CT molecular complexity index is 691. The first-order valence-electron chi connectivity index (χ1n) is 5.49. The van der Waals surface area contributed by atoms with E-state index < -0.39 is 16.5 Å². The Hall–Kier alpha value is -1.67. The van der Waals surface area contributed by atoms with Gasteiger partial charge in [-0.05, 0) is 46.9 Å². The van der Waals surface area contributed by atoms with E-state index in [1.165, 1.54) is 18.2 Å². The summed E-state index contributed by atoms with van der Waals surface area (Å²) >= 11 is 7.85. The maximum absolute atomic E-state index is 12.2. The van der Waals surface area contributed by atoms with Gasteiger partial charge < -0.3 is 5.32 Å². The lowest BCUT2D eigenvalue weighted by atomic mass is 10.1. The van der Waals surface area contributed by atoms with Gasteiger partial charge in [0.25, 0.3) is 5.91 Å². The molecule has 0 saturated carbocycles. The van der Waals surface area contributed by atoms with Crippen LogP contribution >= 0.6 is 34.2 Å². The third-order valence-electron chi connectivity index (χ3n) is 2.54. The van der Waals surface area contributed by atoms with E-state index in [1.807, 2.05) is 12.1 Å². The molecule has 20 heavy (non-hydrogen) atoms. The third kappa shape index (κ3) is 3.07. The van der Waals surface area contributed by atoms with Crippen molar-refractivity contribution in [3.63, 3.8) is 0 Å². The molecule has 0 atom stereocenters. The van der Waals surface area contributed by atoms with Crippen molar-refractivity contribution in [3.8, 4) is 0 Å². The standard InChI is InChI=1S/C13H8ClIN2O3/c14-9-5-3-4-8(12(9)17(19)20)13(18)16-11-7-2-1-6-10(11)15/h1-7H,(H,16,18). The van der Waals surface area contributed by atoms with Crippen LogP contribution in [0.2, 0.25) is 5.02 Å². The van der Waals surface area contributed by atoms with Crippen molar-refractivity contribution in [2.45, 2.75) is 0 Å². The number of benzene rings is 2. The molecule has 2 aromatic carbocycles. The van der Waals surface area contributed by atoms with Gasteiger partial charge in [0.1, 0.15) is 10.6 Å². The van der Waals surface area contributed by atoms with Gasteiger partial charge in [-0.1, -0.05) is 29.8 Å². The summed E-state index contributed by atoms with van der Waals surface area (Å²) in [6.45, 7) is 0. The van der Waals surface area contributed by atoms with Crippen molar-refractivity contribution >= 4 is 51.5 Å². The van der Waals surface area contributed by atoms with Crippen LogP contribution in [0.25, 0.3) is 0 Å². The largest absolute Gasteiger partial charge is 0.321 e. The molecule has 0 fully saturated rings. The number of halogens is 2. The smallest absolute Gasteiger partial charge is 0.300 e. The molecule has 0 bridgehead atoms. The monoisotopic (exact) mass is 402 g/mol. The number of nitro groups is 1. The Labute approximate surface area is 133 Å². The maximum Gasteiger partial charge on any atom is 0.300 e. The molecule has 0 saturated heterocycles. The number of nitrogens with one attached hydrogen (secondary N) is 1. The number of carbonyl (C=O) groups is 1. The molecule has 0 aliphatic carbocycles. The quantitative estimate of drug-likeness (QED) is 0.477. The van der Waals surface area contributed by atoms with Gasteiger partial charge in [-0.2, -0.15) is 0 Å². The lowest BCUT2D eigenvalue weighted by Crippen LogP contribution is -2.14. The number of hydrogen-bond donors (Lipinski definition) is 1. The number of hydrogen-bond acceptors (Lipinski definition) is 3. The second-order valence-corrected chi connectivity index (χ2v) is 5.40. The van der Waals surface area contributed by atoms with Gasteiger partial charge in [0.15, 0.2) is 0 Å². The summed E-state index contributed by atoms with van der Waals surface area (Å²) in [5, 5.41) is 13.6. The molecule has 0 aromatic heterocycles. The van der Waals surface area contributed by atoms with E-state index in [4.69, 9.17) is 11.6 Å². The Kier molecular flexibility index (Phi) is 4.56. The minimum absolute atomic E-state index is 0.0644. The van der Waals surface area contributed by atoms with Crippen LogP contribution in [0.5, 0.6) is 0 Å². The van der Waals surface area contributed by atoms with Gasteiger partial charge >= 0.3 is 5.69 Å². The molecule has 5 nitrogen and oxygen atoms in total. The molecule has 0 aliphatic rings. The molecule has 0 heterocycles. The number of amides is 1. The van der Waals surface area contributed by atoms with Gasteiger partial charge in [0.2, 0.25) is 0 Å². The lowest BCUT2D eigenvalue weighted by Gasteiger charge is -2.08. The summed E-state index contributed by atoms with van der Waals surface area (Å²) in [4.78, 5) is 22.5. The zero-order chi connectivity index (χ0) is 14.7. The van der Waals surface area contributed by atoms with Gasteiger partial charge in [-0.15, -0.1) is 0 Å². The zero-order valence-corrected chi connectivity index (χ0v) is 12.9. The maximum atomic E-state index is 12.2. The highest BCUT2D eigenvalue weighted by Crippen LogP contribution is 2.29. The van der Waals surface area contributed by atoms with Crippen LogP contribution in [0.1, 0.15) is 10.4 Å². The second-order valence-electron chi connectivity index (χ2n) is 3.83. The highest BCUT2D eigenvalue weighted by Gasteiger charge is 2.23. The number of carbonyl (C=O) groups excluding carboxylic acids is 1. The predicted molar refractivity (Wildman–Crippen MR) is 85.2 cm³/mol. The van der Waals surface area contributed by atoms with Gasteiger partial charge in [-0.3, -0.25) is 14.9 Å². The number of rotatable bonds is 3. The van der Waals surface area contributed by atoms with Crippen molar-refractivity contribution in [1.29, 1.82) is 0 Å². The Morgan fingerprint density at radius 1 is 1.20 bits per heavy atom. The molecular formula is C13H8ClIN2O3. The summed E-state index contributed by atoms with van der Waals surface area (Å²) in [6, 6.07) is 11.4. The molecule has 2 rings (SSSR count). The Morgan fingerprint density at radius 3 is 2.55 bits per heavy atom. The number of nitro benzene ring substituents is 1. The van der Waals surface area contributed by atoms with E-state index >= 15 is 0 Å². The molecule has 0 spiro atoms. The lowest BCUT2D eigenvalue weighted by molar-refractivity contribution is -0.385. The van der Waals surface area contributed by atoms with Gasteiger partial charge in [-0.25, -0.2) is 0 Å². The van der Waals surface area contributed by atoms with E-state index in [9.17, 15) is 14.9 Å². The molecule has 0 aliphatic heterocycles. The van der Waals surface area contributed by atoms with Crippen LogP contribution in [-0.4, -0.2) is 10.8 Å². The first kappa shape index (κ1) is 14.7. The highest BCUT2D eigenvalue weighted by atomic mass is 127. The van der Waals surface area contributed by atoms with Crippen molar-refractivity contribution in [2.24, 2.45) is 0 Å². The molecule has 2 aromatic rings. The van der Waals surface area contributed by atoms with Crippen molar-refractivity contribution in [3.05, 3.63) is 66.7 Å². The van der Waals surface area contributed by atoms with Crippen molar-refractivity contribution < 1.29 is 9.72 Å². The molecular weight excluding hydrogens is 395 g/mol. The topological polar surface area (TPSA) is 72.2 Å². The SMILES string of the molecule is O=C(Nc1ccccc1I)c1cccc(Cl)c1[N+](=O)[O-]. The van der Waals surface area contributed by atoms with Gasteiger partial charge in [0, 0.05) is 3.57 Å². The first-order chi connectivity index (χ1) is 9.50. The Balaban J connectivity index is 2.38. The molecule has 102 valence electrons. The predicted octanol–water partition coefficient (Wildman–Crippen LogP) is 4.11. The summed E-state index contributed by atoms with van der Waals surface area (Å²) in [5.74, 6) is -0.566. The molecule has 1 N–H and O–H groups in total. The summed E-state index contributed by atoms with van der Waals surface area (Å²) in [5.41, 5.74) is 0.132. The molecule has 0 unspecified atom stereocenters. The number of nitrogens with zero attached hydrogens (tertiary/aromatic N) is 1. The Morgan fingerprint density at radius 2 is 1.90 bits per heavy atom. The summed E-state index contributed by atoms with van der Waals surface area (Å²) < 4.78 is 0.836.